The molecular formula is C22H25ClN2O6. The van der Waals surface area contributed by atoms with E-state index in [-0.39, 0.29) is 13.2 Å². The van der Waals surface area contributed by atoms with E-state index >= 15 is 0 Å². The number of hydrogen-bond donors (Lipinski definition) is 2. The first kappa shape index (κ1) is 21.8. The number of aliphatic carboxylic acids is 1. The number of amides is 2. The fraction of sp³-hybridized carbons (Fsp3) is 0.500. The lowest BCUT2D eigenvalue weighted by Crippen LogP contribution is -2.58. The summed E-state index contributed by atoms with van der Waals surface area (Å²) >= 11 is 6.36. The summed E-state index contributed by atoms with van der Waals surface area (Å²) in [6.07, 6.45) is 1.80. The van der Waals surface area contributed by atoms with Gasteiger partial charge in [0, 0.05) is 6.54 Å². The third-order valence-electron chi connectivity index (χ3n) is 6.72. The number of hydrogen-bond acceptors (Lipinski definition) is 5. The zero-order valence-corrected chi connectivity index (χ0v) is 17.9. The van der Waals surface area contributed by atoms with Gasteiger partial charge >= 0.3 is 5.97 Å². The van der Waals surface area contributed by atoms with Gasteiger partial charge in [0.15, 0.2) is 0 Å². The van der Waals surface area contributed by atoms with Crippen molar-refractivity contribution in [1.82, 2.24) is 4.90 Å². The van der Waals surface area contributed by atoms with Crippen LogP contribution in [0.5, 0.6) is 0 Å². The second-order valence-electron chi connectivity index (χ2n) is 8.36. The fourth-order valence-corrected chi connectivity index (χ4v) is 5.71. The lowest BCUT2D eigenvalue weighted by Gasteiger charge is -2.38. The number of rotatable bonds is 7. The van der Waals surface area contributed by atoms with Gasteiger partial charge < -0.3 is 24.7 Å². The molecule has 1 aromatic rings. The molecular weight excluding hydrogens is 424 g/mol. The van der Waals surface area contributed by atoms with Crippen molar-refractivity contribution < 1.29 is 29.3 Å². The zero-order valence-electron chi connectivity index (χ0n) is 17.1. The molecule has 3 saturated heterocycles. The minimum Gasteiger partial charge on any atom is -0.481 e. The van der Waals surface area contributed by atoms with Gasteiger partial charge in [-0.3, -0.25) is 14.4 Å². The smallest absolute Gasteiger partial charge is 0.310 e. The molecule has 0 saturated carbocycles. The summed E-state index contributed by atoms with van der Waals surface area (Å²) < 4.78 is 6.15. The molecule has 4 rings (SSSR count). The Morgan fingerprint density at radius 1 is 1.45 bits per heavy atom. The van der Waals surface area contributed by atoms with E-state index in [1.807, 2.05) is 0 Å². The molecule has 2 amide bonds. The molecule has 2 bridgehead atoms. The number of aliphatic hydroxyl groups is 1. The highest BCUT2D eigenvalue weighted by molar-refractivity contribution is 6.34. The number of carboxylic acid groups (broad SMARTS) is 1. The third-order valence-corrected chi connectivity index (χ3v) is 7.04. The number of carbonyl (C=O) groups excluding carboxylic acids is 2. The molecule has 3 aliphatic heterocycles. The van der Waals surface area contributed by atoms with Crippen LogP contribution < -0.4 is 4.90 Å². The number of benzene rings is 1. The van der Waals surface area contributed by atoms with E-state index in [0.29, 0.717) is 23.6 Å². The SMILES string of the molecule is C=CCN(C(=O)[C@@H]1N([C@H](C)CO)C(=O)[C@H]2[C@H](C(=O)O)[C@@H]3CC[C@]12O3)c1ccccc1Cl. The van der Waals surface area contributed by atoms with Gasteiger partial charge in [-0.25, -0.2) is 0 Å². The normalized spacial score (nSPS) is 32.1. The molecule has 1 spiro atoms. The quantitative estimate of drug-likeness (QED) is 0.615. The lowest BCUT2D eigenvalue weighted by atomic mass is 9.70. The molecule has 6 atom stereocenters. The summed E-state index contributed by atoms with van der Waals surface area (Å²) in [7, 11) is 0. The van der Waals surface area contributed by atoms with E-state index in [9.17, 15) is 24.6 Å². The van der Waals surface area contributed by atoms with Crippen molar-refractivity contribution in [2.45, 2.75) is 43.6 Å². The molecule has 9 heteroatoms. The fourth-order valence-electron chi connectivity index (χ4n) is 5.47. The molecule has 31 heavy (non-hydrogen) atoms. The van der Waals surface area contributed by atoms with Crippen molar-refractivity contribution in [3.8, 4) is 0 Å². The van der Waals surface area contributed by atoms with Crippen molar-refractivity contribution in [2.24, 2.45) is 11.8 Å². The second kappa shape index (κ2) is 7.93. The summed E-state index contributed by atoms with van der Waals surface area (Å²) in [5, 5.41) is 20.0. The Hall–Kier alpha value is -2.42. The molecule has 2 N–H and O–H groups in total. The van der Waals surface area contributed by atoms with Gasteiger partial charge in [-0.1, -0.05) is 29.8 Å². The molecule has 1 aromatic carbocycles. The van der Waals surface area contributed by atoms with E-state index in [1.54, 1.807) is 37.3 Å². The third kappa shape index (κ3) is 3.08. The Balaban J connectivity index is 1.83. The summed E-state index contributed by atoms with van der Waals surface area (Å²) in [6.45, 7) is 5.13. The van der Waals surface area contributed by atoms with E-state index < -0.39 is 53.4 Å². The van der Waals surface area contributed by atoms with E-state index in [0.717, 1.165) is 0 Å². The maximum Gasteiger partial charge on any atom is 0.310 e. The number of halogens is 1. The van der Waals surface area contributed by atoms with Crippen LogP contribution in [0, 0.1) is 11.8 Å². The van der Waals surface area contributed by atoms with Crippen molar-refractivity contribution in [1.29, 1.82) is 0 Å². The van der Waals surface area contributed by atoms with E-state index in [2.05, 4.69) is 6.58 Å². The van der Waals surface area contributed by atoms with Gasteiger partial charge in [-0.05, 0) is 31.9 Å². The standard InChI is InChI=1S/C22H25ClN2O6/c1-3-10-24(14-7-5-4-6-13(14)23)20(28)18-22-9-8-15(31-22)16(21(29)30)17(22)19(27)25(18)12(2)11-26/h3-7,12,15-18,26H,1,8-11H2,2H3,(H,29,30)/t12-,15+,16-,17-,18+,22-/m1/s1. The predicted octanol–water partition coefficient (Wildman–Crippen LogP) is 1.70. The van der Waals surface area contributed by atoms with Crippen LogP contribution in [0.3, 0.4) is 0 Å². The van der Waals surface area contributed by atoms with E-state index in [1.165, 1.54) is 9.80 Å². The van der Waals surface area contributed by atoms with E-state index in [4.69, 9.17) is 16.3 Å². The van der Waals surface area contributed by atoms with Gasteiger partial charge in [-0.2, -0.15) is 0 Å². The van der Waals surface area contributed by atoms with Crippen LogP contribution in [-0.4, -0.2) is 69.8 Å². The monoisotopic (exact) mass is 448 g/mol. The minimum atomic E-state index is -1.24. The van der Waals surface area contributed by atoms with Crippen molar-refractivity contribution >= 4 is 35.1 Å². The Morgan fingerprint density at radius 2 is 2.16 bits per heavy atom. The average molecular weight is 449 g/mol. The van der Waals surface area contributed by atoms with Gasteiger partial charge in [0.05, 0.1) is 41.3 Å². The first-order valence-corrected chi connectivity index (χ1v) is 10.7. The number of carboxylic acids is 1. The van der Waals surface area contributed by atoms with Gasteiger partial charge in [0.2, 0.25) is 5.91 Å². The minimum absolute atomic E-state index is 0.140. The molecule has 0 aromatic heterocycles. The van der Waals surface area contributed by atoms with Crippen molar-refractivity contribution in [3.63, 3.8) is 0 Å². The highest BCUT2D eigenvalue weighted by Crippen LogP contribution is 2.59. The molecule has 8 nitrogen and oxygen atoms in total. The number of nitrogens with zero attached hydrogens (tertiary/aromatic N) is 2. The summed E-state index contributed by atoms with van der Waals surface area (Å²) in [5.41, 5.74) is -0.785. The van der Waals surface area contributed by atoms with Gasteiger partial charge in [0.1, 0.15) is 11.6 Å². The number of anilines is 1. The first-order valence-electron chi connectivity index (χ1n) is 10.3. The maximum absolute atomic E-state index is 14.0. The second-order valence-corrected chi connectivity index (χ2v) is 8.77. The van der Waals surface area contributed by atoms with Gasteiger partial charge in [-0.15, -0.1) is 6.58 Å². The summed E-state index contributed by atoms with van der Waals surface area (Å²) in [5.74, 6) is -3.99. The molecule has 3 heterocycles. The van der Waals surface area contributed by atoms with Crippen LogP contribution in [0.2, 0.25) is 5.02 Å². The average Bonchev–Trinajstić information content (AvgIpc) is 3.39. The number of likely N-dealkylation sites (tertiary alicyclic amines) is 1. The number of carbonyl (C=O) groups is 3. The zero-order chi connectivity index (χ0) is 22.5. The van der Waals surface area contributed by atoms with Crippen LogP contribution in [0.25, 0.3) is 0 Å². The predicted molar refractivity (Wildman–Crippen MR) is 113 cm³/mol. The number of para-hydroxylation sites is 1. The van der Waals surface area contributed by atoms with Crippen LogP contribution >= 0.6 is 11.6 Å². The maximum atomic E-state index is 14.0. The number of aliphatic hydroxyl groups excluding tert-OH is 1. The first-order chi connectivity index (χ1) is 14.8. The van der Waals surface area contributed by atoms with Crippen LogP contribution in [0.1, 0.15) is 19.8 Å². The Kier molecular flexibility index (Phi) is 5.57. The summed E-state index contributed by atoms with van der Waals surface area (Å²) in [4.78, 5) is 42.2. The number of fused-ring (bicyclic) bond motifs is 1. The Bertz CT molecular complexity index is 938. The number of ether oxygens (including phenoxy) is 1. The van der Waals surface area contributed by atoms with Crippen molar-refractivity contribution in [3.05, 3.63) is 41.9 Å². The van der Waals surface area contributed by atoms with Crippen LogP contribution in [-0.2, 0) is 19.1 Å². The summed E-state index contributed by atoms with van der Waals surface area (Å²) in [6, 6.07) is 5.09. The van der Waals surface area contributed by atoms with Crippen LogP contribution in [0.15, 0.2) is 36.9 Å². The molecule has 0 radical (unpaired) electrons. The Morgan fingerprint density at radius 3 is 2.77 bits per heavy atom. The molecule has 3 fully saturated rings. The molecule has 166 valence electrons. The Labute approximate surface area is 185 Å². The molecule has 0 unspecified atom stereocenters. The van der Waals surface area contributed by atoms with Gasteiger partial charge in [0.25, 0.3) is 5.91 Å². The molecule has 3 aliphatic rings. The topological polar surface area (TPSA) is 107 Å². The largest absolute Gasteiger partial charge is 0.481 e. The lowest BCUT2D eigenvalue weighted by molar-refractivity contribution is -0.150. The molecule has 0 aliphatic carbocycles. The highest BCUT2D eigenvalue weighted by Gasteiger charge is 2.75. The van der Waals surface area contributed by atoms with Crippen molar-refractivity contribution in [2.75, 3.05) is 18.1 Å². The highest BCUT2D eigenvalue weighted by atomic mass is 35.5. The van der Waals surface area contributed by atoms with Crippen LogP contribution in [0.4, 0.5) is 5.69 Å².